The predicted octanol–water partition coefficient (Wildman–Crippen LogP) is 0.367. The number of nitrogens with one attached hydrogen (secondary N) is 1. The average Bonchev–Trinajstić information content (AvgIpc) is 2.28. The minimum atomic E-state index is -0.818. The van der Waals surface area contributed by atoms with Gasteiger partial charge in [-0.2, -0.15) is 0 Å². The third-order valence-corrected chi connectivity index (χ3v) is 2.54. The van der Waals surface area contributed by atoms with Gasteiger partial charge >= 0.3 is 0 Å². The largest absolute Gasteiger partial charge is 0.353 e. The van der Waals surface area contributed by atoms with Gasteiger partial charge in [-0.3, -0.25) is 9.78 Å². The Morgan fingerprint density at radius 1 is 1.56 bits per heavy atom. The molecule has 1 rings (SSSR count). The van der Waals surface area contributed by atoms with E-state index in [0.29, 0.717) is 6.54 Å². The molecular weight excluding hydrogens is 228 g/mol. The maximum absolute atomic E-state index is 11.5. The zero-order valence-corrected chi connectivity index (χ0v) is 11.3. The number of nitrogens with zero attached hydrogens (tertiary/aromatic N) is 2. The van der Waals surface area contributed by atoms with Crippen LogP contribution in [0.15, 0.2) is 24.5 Å². The Kier molecular flexibility index (Phi) is 5.25. The number of amides is 1. The van der Waals surface area contributed by atoms with E-state index in [1.165, 1.54) is 0 Å². The van der Waals surface area contributed by atoms with Crippen molar-refractivity contribution in [2.45, 2.75) is 25.9 Å². The highest BCUT2D eigenvalue weighted by atomic mass is 16.2. The van der Waals surface area contributed by atoms with Crippen LogP contribution in [0.5, 0.6) is 0 Å². The van der Waals surface area contributed by atoms with E-state index in [1.807, 2.05) is 25.4 Å². The Morgan fingerprint density at radius 3 is 2.83 bits per heavy atom. The second-order valence-electron chi connectivity index (χ2n) is 5.08. The van der Waals surface area contributed by atoms with Gasteiger partial charge < -0.3 is 16.0 Å². The van der Waals surface area contributed by atoms with E-state index >= 15 is 0 Å². The third kappa shape index (κ3) is 5.25. The Balaban J connectivity index is 2.26. The number of carbonyl (C=O) groups excluding carboxylic acids is 1. The molecule has 1 aromatic rings. The number of aromatic nitrogens is 1. The zero-order chi connectivity index (χ0) is 13.6. The molecule has 1 amide bonds. The van der Waals surface area contributed by atoms with Gasteiger partial charge in [0.05, 0.1) is 5.54 Å². The highest BCUT2D eigenvalue weighted by Gasteiger charge is 2.20. The highest BCUT2D eigenvalue weighted by Crippen LogP contribution is 2.00. The lowest BCUT2D eigenvalue weighted by Gasteiger charge is -2.20. The molecule has 0 bridgehead atoms. The van der Waals surface area contributed by atoms with Gasteiger partial charge in [0.2, 0.25) is 5.91 Å². The van der Waals surface area contributed by atoms with E-state index in [2.05, 4.69) is 15.2 Å². The Hall–Kier alpha value is -1.46. The summed E-state index contributed by atoms with van der Waals surface area (Å²) in [7, 11) is 2.01. The lowest BCUT2D eigenvalue weighted by Crippen LogP contribution is -2.50. The van der Waals surface area contributed by atoms with E-state index in [9.17, 15) is 4.79 Å². The van der Waals surface area contributed by atoms with Crippen LogP contribution in [-0.4, -0.2) is 41.5 Å². The molecular formula is C13H22N4O. The summed E-state index contributed by atoms with van der Waals surface area (Å²) in [5, 5.41) is 2.82. The molecule has 0 spiro atoms. The van der Waals surface area contributed by atoms with Crippen molar-refractivity contribution in [3.63, 3.8) is 0 Å². The lowest BCUT2D eigenvalue weighted by molar-refractivity contribution is -0.125. The summed E-state index contributed by atoms with van der Waals surface area (Å²) in [6, 6.07) is 3.95. The van der Waals surface area contributed by atoms with Crippen molar-refractivity contribution < 1.29 is 4.79 Å². The lowest BCUT2D eigenvalue weighted by atomic mass is 10.1. The molecule has 18 heavy (non-hydrogen) atoms. The average molecular weight is 250 g/mol. The van der Waals surface area contributed by atoms with E-state index in [1.54, 1.807) is 20.0 Å². The maximum Gasteiger partial charge on any atom is 0.239 e. The standard InChI is InChI=1S/C13H22N4O/c1-13(2,14)12(18)16-7-8-17(3)10-11-5-4-6-15-9-11/h4-6,9H,7-8,10,14H2,1-3H3,(H,16,18). The van der Waals surface area contributed by atoms with Gasteiger partial charge in [0.1, 0.15) is 0 Å². The van der Waals surface area contributed by atoms with Crippen LogP contribution in [0, 0.1) is 0 Å². The van der Waals surface area contributed by atoms with Crippen molar-refractivity contribution in [2.24, 2.45) is 5.73 Å². The van der Waals surface area contributed by atoms with Gasteiger partial charge in [-0.05, 0) is 32.5 Å². The smallest absolute Gasteiger partial charge is 0.239 e. The molecule has 3 N–H and O–H groups in total. The molecule has 0 saturated carbocycles. The molecule has 0 fully saturated rings. The first-order valence-electron chi connectivity index (χ1n) is 6.04. The summed E-state index contributed by atoms with van der Waals surface area (Å²) in [6.07, 6.45) is 3.60. The minimum Gasteiger partial charge on any atom is -0.353 e. The number of rotatable bonds is 6. The molecule has 0 aliphatic heterocycles. The van der Waals surface area contributed by atoms with Crippen LogP contribution in [0.3, 0.4) is 0 Å². The quantitative estimate of drug-likeness (QED) is 0.765. The summed E-state index contributed by atoms with van der Waals surface area (Å²) in [5.41, 5.74) is 6.03. The van der Waals surface area contributed by atoms with Crippen molar-refractivity contribution in [2.75, 3.05) is 20.1 Å². The summed E-state index contributed by atoms with van der Waals surface area (Å²) in [6.45, 7) is 5.58. The maximum atomic E-state index is 11.5. The van der Waals surface area contributed by atoms with Crippen LogP contribution < -0.4 is 11.1 Å². The van der Waals surface area contributed by atoms with Crippen molar-refractivity contribution in [1.29, 1.82) is 0 Å². The molecule has 100 valence electrons. The van der Waals surface area contributed by atoms with Gasteiger partial charge in [0, 0.05) is 32.0 Å². The first kappa shape index (κ1) is 14.6. The Bertz CT molecular complexity index is 372. The predicted molar refractivity (Wildman–Crippen MR) is 71.8 cm³/mol. The second kappa shape index (κ2) is 6.47. The molecule has 5 heteroatoms. The van der Waals surface area contributed by atoms with Crippen LogP contribution in [0.2, 0.25) is 0 Å². The van der Waals surface area contributed by atoms with Crippen molar-refractivity contribution >= 4 is 5.91 Å². The molecule has 0 atom stereocenters. The van der Waals surface area contributed by atoms with E-state index < -0.39 is 5.54 Å². The van der Waals surface area contributed by atoms with Crippen molar-refractivity contribution in [1.82, 2.24) is 15.2 Å². The zero-order valence-electron chi connectivity index (χ0n) is 11.3. The molecule has 0 aliphatic rings. The Labute approximate surface area is 108 Å². The molecule has 0 saturated heterocycles. The van der Waals surface area contributed by atoms with Gasteiger partial charge in [0.25, 0.3) is 0 Å². The molecule has 5 nitrogen and oxygen atoms in total. The van der Waals surface area contributed by atoms with Crippen LogP contribution in [0.1, 0.15) is 19.4 Å². The van der Waals surface area contributed by atoms with Gasteiger partial charge in [-0.25, -0.2) is 0 Å². The fourth-order valence-electron chi connectivity index (χ4n) is 1.47. The van der Waals surface area contributed by atoms with Crippen LogP contribution >= 0.6 is 0 Å². The molecule has 0 unspecified atom stereocenters. The Morgan fingerprint density at radius 2 is 2.28 bits per heavy atom. The molecule has 1 aromatic heterocycles. The number of hydrogen-bond acceptors (Lipinski definition) is 4. The van der Waals surface area contributed by atoms with Crippen molar-refractivity contribution in [3.8, 4) is 0 Å². The summed E-state index contributed by atoms with van der Waals surface area (Å²) in [4.78, 5) is 17.7. The molecule has 0 aliphatic carbocycles. The highest BCUT2D eigenvalue weighted by molar-refractivity contribution is 5.84. The van der Waals surface area contributed by atoms with E-state index in [-0.39, 0.29) is 5.91 Å². The first-order valence-corrected chi connectivity index (χ1v) is 6.04. The number of pyridine rings is 1. The van der Waals surface area contributed by atoms with Gasteiger partial charge in [0.15, 0.2) is 0 Å². The molecule has 0 radical (unpaired) electrons. The number of likely N-dealkylation sites (N-methyl/N-ethyl adjacent to an activating group) is 1. The number of carbonyl (C=O) groups is 1. The number of nitrogens with two attached hydrogens (primary N) is 1. The SMILES string of the molecule is CN(CCNC(=O)C(C)(C)N)Cc1cccnc1. The van der Waals surface area contributed by atoms with Gasteiger partial charge in [-0.15, -0.1) is 0 Å². The van der Waals surface area contributed by atoms with Gasteiger partial charge in [-0.1, -0.05) is 6.07 Å². The van der Waals surface area contributed by atoms with Crippen LogP contribution in [0.4, 0.5) is 0 Å². The van der Waals surface area contributed by atoms with Crippen LogP contribution in [0.25, 0.3) is 0 Å². The summed E-state index contributed by atoms with van der Waals surface area (Å²) >= 11 is 0. The summed E-state index contributed by atoms with van der Waals surface area (Å²) < 4.78 is 0. The van der Waals surface area contributed by atoms with Crippen LogP contribution in [-0.2, 0) is 11.3 Å². The normalized spacial score (nSPS) is 11.6. The monoisotopic (exact) mass is 250 g/mol. The van der Waals surface area contributed by atoms with E-state index in [4.69, 9.17) is 5.73 Å². The topological polar surface area (TPSA) is 71.2 Å². The fraction of sp³-hybridized carbons (Fsp3) is 0.538. The second-order valence-corrected chi connectivity index (χ2v) is 5.08. The minimum absolute atomic E-state index is 0.128. The number of hydrogen-bond donors (Lipinski definition) is 2. The summed E-state index contributed by atoms with van der Waals surface area (Å²) in [5.74, 6) is -0.128. The molecule has 1 heterocycles. The molecule has 0 aromatic carbocycles. The van der Waals surface area contributed by atoms with E-state index in [0.717, 1.165) is 18.7 Å². The third-order valence-electron chi connectivity index (χ3n) is 2.54. The fourth-order valence-corrected chi connectivity index (χ4v) is 1.47. The first-order chi connectivity index (χ1) is 8.39. The van der Waals surface area contributed by atoms with Crippen molar-refractivity contribution in [3.05, 3.63) is 30.1 Å².